The van der Waals surface area contributed by atoms with Gasteiger partial charge in [-0.25, -0.2) is 0 Å². The summed E-state index contributed by atoms with van der Waals surface area (Å²) in [6.07, 6.45) is 1.59. The van der Waals surface area contributed by atoms with Gasteiger partial charge in [0, 0.05) is 19.7 Å². The second-order valence-electron chi connectivity index (χ2n) is 5.84. The number of nitrogens with two attached hydrogens (primary N) is 1. The fraction of sp³-hybridized carbons (Fsp3) is 0.714. The maximum Gasteiger partial charge on any atom is 0.271 e. The van der Waals surface area contributed by atoms with Gasteiger partial charge in [0.15, 0.2) is 0 Å². The van der Waals surface area contributed by atoms with Gasteiger partial charge in [0.1, 0.15) is 5.69 Å². The van der Waals surface area contributed by atoms with Crippen molar-refractivity contribution in [2.24, 2.45) is 5.41 Å². The zero-order valence-electron chi connectivity index (χ0n) is 12.9. The lowest BCUT2D eigenvalue weighted by Crippen LogP contribution is -2.35. The van der Waals surface area contributed by atoms with Gasteiger partial charge in [-0.15, -0.1) is 0 Å². The molecule has 0 aliphatic carbocycles. The predicted molar refractivity (Wildman–Crippen MR) is 79.5 cm³/mol. The van der Waals surface area contributed by atoms with Crippen molar-refractivity contribution >= 4 is 11.6 Å². The Morgan fingerprint density at radius 2 is 2.15 bits per heavy atom. The van der Waals surface area contributed by atoms with Gasteiger partial charge in [-0.05, 0) is 32.1 Å². The van der Waals surface area contributed by atoms with Crippen LogP contribution in [0.2, 0.25) is 0 Å². The number of hydrogen-bond acceptors (Lipinski definition) is 4. The van der Waals surface area contributed by atoms with Crippen molar-refractivity contribution in [3.63, 3.8) is 0 Å². The number of carbonyl (C=O) groups is 1. The van der Waals surface area contributed by atoms with E-state index in [1.807, 2.05) is 6.92 Å². The van der Waals surface area contributed by atoms with Crippen LogP contribution in [-0.2, 0) is 6.54 Å². The van der Waals surface area contributed by atoms with Gasteiger partial charge in [-0.2, -0.15) is 5.10 Å². The predicted octanol–water partition coefficient (Wildman–Crippen LogP) is 1.32. The van der Waals surface area contributed by atoms with E-state index in [0.717, 1.165) is 12.8 Å². The van der Waals surface area contributed by atoms with E-state index in [1.54, 1.807) is 11.6 Å². The first kappa shape index (κ1) is 16.5. The monoisotopic (exact) mass is 282 g/mol. The summed E-state index contributed by atoms with van der Waals surface area (Å²) in [5.74, 6) is -0.193. The highest BCUT2D eigenvalue weighted by molar-refractivity contribution is 5.97. The zero-order chi connectivity index (χ0) is 15.3. The van der Waals surface area contributed by atoms with Crippen molar-refractivity contribution < 1.29 is 9.90 Å². The number of amides is 1. The van der Waals surface area contributed by atoms with E-state index in [4.69, 9.17) is 10.8 Å². The number of hydrogen-bond donors (Lipinski definition) is 3. The number of aromatic nitrogens is 2. The first-order chi connectivity index (χ1) is 9.32. The Morgan fingerprint density at radius 3 is 2.70 bits per heavy atom. The number of nitrogen functional groups attached to an aromatic ring is 1. The molecule has 0 atom stereocenters. The van der Waals surface area contributed by atoms with E-state index >= 15 is 0 Å². The molecule has 1 rings (SSSR count). The maximum absolute atomic E-state index is 12.3. The molecule has 114 valence electrons. The number of rotatable bonds is 7. The average Bonchev–Trinajstić information content (AvgIpc) is 2.69. The minimum absolute atomic E-state index is 0.0563. The fourth-order valence-corrected chi connectivity index (χ4v) is 2.11. The van der Waals surface area contributed by atoms with E-state index in [1.165, 1.54) is 0 Å². The smallest absolute Gasteiger partial charge is 0.271 e. The Hall–Kier alpha value is -1.56. The fourth-order valence-electron chi connectivity index (χ4n) is 2.11. The Balaban J connectivity index is 2.72. The zero-order valence-corrected chi connectivity index (χ0v) is 12.9. The molecule has 0 aliphatic heterocycles. The molecular formula is C14H26N4O2. The highest BCUT2D eigenvalue weighted by Gasteiger charge is 2.22. The van der Waals surface area contributed by atoms with Gasteiger partial charge in [0.25, 0.3) is 5.91 Å². The number of anilines is 1. The molecule has 0 fully saturated rings. The summed E-state index contributed by atoms with van der Waals surface area (Å²) in [5, 5.41) is 16.0. The second-order valence-corrected chi connectivity index (χ2v) is 5.84. The third kappa shape index (κ3) is 3.96. The molecule has 0 radical (unpaired) electrons. The largest absolute Gasteiger partial charge is 0.396 e. The summed E-state index contributed by atoms with van der Waals surface area (Å²) in [4.78, 5) is 12.3. The standard InChI is InChI=1S/C14H26N4O2/c1-5-18-12(11(15)10(2)17-18)13(20)16-9-14(3,4)7-6-8-19/h19H,5-9,15H2,1-4H3,(H,16,20). The molecule has 20 heavy (non-hydrogen) atoms. The van der Waals surface area contributed by atoms with Crippen molar-refractivity contribution in [1.82, 2.24) is 15.1 Å². The molecule has 0 spiro atoms. The SMILES string of the molecule is CCn1nc(C)c(N)c1C(=O)NCC(C)(C)CCCO. The Morgan fingerprint density at radius 1 is 1.50 bits per heavy atom. The van der Waals surface area contributed by atoms with Crippen LogP contribution in [-0.4, -0.2) is 33.9 Å². The number of nitrogens with zero attached hydrogens (tertiary/aromatic N) is 2. The van der Waals surface area contributed by atoms with Gasteiger partial charge >= 0.3 is 0 Å². The molecule has 1 aromatic heterocycles. The Kier molecular flexibility index (Phi) is 5.56. The third-order valence-corrected chi connectivity index (χ3v) is 3.43. The summed E-state index contributed by atoms with van der Waals surface area (Å²) in [7, 11) is 0. The second kappa shape index (κ2) is 6.74. The number of aryl methyl sites for hydroxylation is 2. The summed E-state index contributed by atoms with van der Waals surface area (Å²) < 4.78 is 1.63. The summed E-state index contributed by atoms with van der Waals surface area (Å²) in [6.45, 7) is 9.17. The number of carbonyl (C=O) groups excluding carboxylic acids is 1. The Bertz CT molecular complexity index is 466. The van der Waals surface area contributed by atoms with Crippen LogP contribution >= 0.6 is 0 Å². The molecule has 1 aromatic rings. The molecule has 4 N–H and O–H groups in total. The lowest BCUT2D eigenvalue weighted by Gasteiger charge is -2.24. The summed E-state index contributed by atoms with van der Waals surface area (Å²) in [5.41, 5.74) is 7.42. The van der Waals surface area contributed by atoms with Gasteiger partial charge in [-0.1, -0.05) is 13.8 Å². The van der Waals surface area contributed by atoms with Crippen molar-refractivity contribution in [2.75, 3.05) is 18.9 Å². The van der Waals surface area contributed by atoms with Crippen LogP contribution in [0.15, 0.2) is 0 Å². The van der Waals surface area contributed by atoms with Crippen LogP contribution in [0.1, 0.15) is 49.8 Å². The van der Waals surface area contributed by atoms with E-state index in [0.29, 0.717) is 30.2 Å². The third-order valence-electron chi connectivity index (χ3n) is 3.43. The first-order valence-corrected chi connectivity index (χ1v) is 7.04. The lowest BCUT2D eigenvalue weighted by molar-refractivity contribution is 0.0923. The van der Waals surface area contributed by atoms with Crippen molar-refractivity contribution in [2.45, 2.75) is 47.1 Å². The highest BCUT2D eigenvalue weighted by atomic mass is 16.2. The molecule has 0 saturated carbocycles. The number of nitrogens with one attached hydrogen (secondary N) is 1. The summed E-state index contributed by atoms with van der Waals surface area (Å²) >= 11 is 0. The minimum atomic E-state index is -0.193. The molecular weight excluding hydrogens is 256 g/mol. The van der Waals surface area contributed by atoms with Crippen LogP contribution in [0.3, 0.4) is 0 Å². The Labute approximate surface area is 120 Å². The topological polar surface area (TPSA) is 93.2 Å². The highest BCUT2D eigenvalue weighted by Crippen LogP contribution is 2.22. The molecule has 0 unspecified atom stereocenters. The van der Waals surface area contributed by atoms with Crippen LogP contribution in [0, 0.1) is 12.3 Å². The molecule has 0 saturated heterocycles. The van der Waals surface area contributed by atoms with Crippen molar-refractivity contribution in [1.29, 1.82) is 0 Å². The molecule has 1 amide bonds. The van der Waals surface area contributed by atoms with Crippen molar-refractivity contribution in [3.05, 3.63) is 11.4 Å². The maximum atomic E-state index is 12.3. The molecule has 1 heterocycles. The minimum Gasteiger partial charge on any atom is -0.396 e. The molecule has 0 aliphatic rings. The normalized spacial score (nSPS) is 11.7. The van der Waals surface area contributed by atoms with Crippen LogP contribution in [0.4, 0.5) is 5.69 Å². The molecule has 6 heteroatoms. The summed E-state index contributed by atoms with van der Waals surface area (Å²) in [6, 6.07) is 0. The molecule has 0 aromatic carbocycles. The average molecular weight is 282 g/mol. The van der Waals surface area contributed by atoms with Crippen LogP contribution in [0.5, 0.6) is 0 Å². The molecule has 0 bridgehead atoms. The van der Waals surface area contributed by atoms with E-state index < -0.39 is 0 Å². The molecule has 6 nitrogen and oxygen atoms in total. The van der Waals surface area contributed by atoms with Gasteiger partial charge in [0.05, 0.1) is 11.4 Å². The van der Waals surface area contributed by atoms with E-state index in [2.05, 4.69) is 24.3 Å². The van der Waals surface area contributed by atoms with Crippen molar-refractivity contribution in [3.8, 4) is 0 Å². The van der Waals surface area contributed by atoms with Gasteiger partial charge in [0.2, 0.25) is 0 Å². The van der Waals surface area contributed by atoms with E-state index in [9.17, 15) is 4.79 Å². The van der Waals surface area contributed by atoms with Gasteiger partial charge < -0.3 is 16.2 Å². The van der Waals surface area contributed by atoms with Crippen LogP contribution < -0.4 is 11.1 Å². The quantitative estimate of drug-likeness (QED) is 0.703. The lowest BCUT2D eigenvalue weighted by atomic mass is 9.88. The number of aliphatic hydroxyl groups excluding tert-OH is 1. The number of aliphatic hydroxyl groups is 1. The first-order valence-electron chi connectivity index (χ1n) is 7.04. The van der Waals surface area contributed by atoms with Crippen LogP contribution in [0.25, 0.3) is 0 Å². The van der Waals surface area contributed by atoms with Gasteiger partial charge in [-0.3, -0.25) is 9.48 Å². The van der Waals surface area contributed by atoms with E-state index in [-0.39, 0.29) is 17.9 Å².